The minimum absolute atomic E-state index is 0.158. The number of benzene rings is 2. The number of amides is 2. The number of hydrogen-bond donors (Lipinski definition) is 1. The molecule has 0 aliphatic heterocycles. The maximum atomic E-state index is 12.6. The van der Waals surface area contributed by atoms with Crippen LogP contribution in [-0.2, 0) is 9.59 Å². The highest BCUT2D eigenvalue weighted by Gasteiger charge is 2.26. The van der Waals surface area contributed by atoms with Crippen LogP contribution in [0.25, 0.3) is 12.2 Å². The Bertz CT molecular complexity index is 963. The molecule has 0 radical (unpaired) electrons. The van der Waals surface area contributed by atoms with E-state index >= 15 is 0 Å². The molecule has 2 amide bonds. The molecule has 0 bridgehead atoms. The van der Waals surface area contributed by atoms with Gasteiger partial charge in [0.05, 0.1) is 19.8 Å². The van der Waals surface area contributed by atoms with Gasteiger partial charge in [-0.05, 0) is 61.4 Å². The van der Waals surface area contributed by atoms with E-state index in [0.717, 1.165) is 22.6 Å². The van der Waals surface area contributed by atoms with Crippen LogP contribution >= 0.6 is 0 Å². The van der Waals surface area contributed by atoms with Gasteiger partial charge in [-0.1, -0.05) is 24.3 Å². The highest BCUT2D eigenvalue weighted by molar-refractivity contribution is 5.93. The topological polar surface area (TPSA) is 67.9 Å². The number of carbonyl (C=O) groups is 2. The fraction of sp³-hybridized carbons (Fsp3) is 0.280. The normalized spacial score (nSPS) is 11.5. The Labute approximate surface area is 184 Å². The third-order valence-corrected chi connectivity index (χ3v) is 4.97. The van der Waals surface area contributed by atoms with E-state index in [1.807, 2.05) is 62.4 Å². The molecule has 0 fully saturated rings. The first-order chi connectivity index (χ1) is 14.7. The zero-order valence-corrected chi connectivity index (χ0v) is 18.7. The van der Waals surface area contributed by atoms with E-state index < -0.39 is 5.54 Å². The number of nitrogens with one attached hydrogen (secondary N) is 1. The van der Waals surface area contributed by atoms with E-state index in [1.165, 1.54) is 12.2 Å². The summed E-state index contributed by atoms with van der Waals surface area (Å²) in [5, 5.41) is 2.85. The summed E-state index contributed by atoms with van der Waals surface area (Å²) in [4.78, 5) is 26.4. The Morgan fingerprint density at radius 1 is 0.935 bits per heavy atom. The van der Waals surface area contributed by atoms with Crippen molar-refractivity contribution in [2.24, 2.45) is 0 Å². The van der Waals surface area contributed by atoms with E-state index in [1.54, 1.807) is 38.3 Å². The van der Waals surface area contributed by atoms with Gasteiger partial charge in [-0.25, -0.2) is 0 Å². The molecule has 6 nitrogen and oxygen atoms in total. The van der Waals surface area contributed by atoms with Gasteiger partial charge in [-0.3, -0.25) is 9.59 Å². The summed E-state index contributed by atoms with van der Waals surface area (Å²) in [6.07, 6.45) is 6.44. The van der Waals surface area contributed by atoms with Crippen LogP contribution in [0, 0.1) is 0 Å². The van der Waals surface area contributed by atoms with Crippen molar-refractivity contribution in [1.29, 1.82) is 0 Å². The van der Waals surface area contributed by atoms with Crippen LogP contribution in [0.1, 0.15) is 25.0 Å². The Kier molecular flexibility index (Phi) is 8.43. The van der Waals surface area contributed by atoms with Crippen molar-refractivity contribution in [2.45, 2.75) is 19.4 Å². The van der Waals surface area contributed by atoms with E-state index in [9.17, 15) is 9.59 Å². The lowest BCUT2D eigenvalue weighted by atomic mass is 10.0. The van der Waals surface area contributed by atoms with Crippen molar-refractivity contribution in [3.8, 4) is 11.5 Å². The SMILES string of the molecule is COc1cccc(C=CC(=O)NCC(C)(C)N(C)C(=O)C=Cc2cccc(OC)c2)c1. The number of likely N-dealkylation sites (N-methyl/N-ethyl adjacent to an activating group) is 1. The van der Waals surface area contributed by atoms with Crippen LogP contribution in [0.5, 0.6) is 11.5 Å². The Balaban J connectivity index is 1.92. The first-order valence-electron chi connectivity index (χ1n) is 9.95. The molecule has 0 unspecified atom stereocenters. The number of carbonyl (C=O) groups excluding carboxylic acids is 2. The van der Waals surface area contributed by atoms with Gasteiger partial charge >= 0.3 is 0 Å². The standard InChI is InChI=1S/C25H30N2O4/c1-25(2,18-26-23(28)14-12-19-8-6-10-21(16-19)30-4)27(3)24(29)15-13-20-9-7-11-22(17-20)31-5/h6-17H,18H2,1-5H3,(H,26,28). The molecule has 2 aromatic rings. The highest BCUT2D eigenvalue weighted by atomic mass is 16.5. The first kappa shape index (κ1) is 23.7. The highest BCUT2D eigenvalue weighted by Crippen LogP contribution is 2.16. The van der Waals surface area contributed by atoms with Gasteiger partial charge < -0.3 is 19.7 Å². The van der Waals surface area contributed by atoms with Gasteiger partial charge in [0.25, 0.3) is 0 Å². The summed E-state index contributed by atoms with van der Waals surface area (Å²) >= 11 is 0. The third kappa shape index (κ3) is 7.33. The molecule has 0 atom stereocenters. The number of nitrogens with zero attached hydrogens (tertiary/aromatic N) is 1. The van der Waals surface area contributed by atoms with Crippen LogP contribution in [0.15, 0.2) is 60.7 Å². The quantitative estimate of drug-likeness (QED) is 0.625. The van der Waals surface area contributed by atoms with Crippen LogP contribution in [-0.4, -0.2) is 50.1 Å². The molecular weight excluding hydrogens is 392 g/mol. The largest absolute Gasteiger partial charge is 0.497 e. The van der Waals surface area contributed by atoms with Crippen LogP contribution in [0.2, 0.25) is 0 Å². The molecule has 0 spiro atoms. The fourth-order valence-electron chi connectivity index (χ4n) is 2.72. The molecule has 0 aliphatic rings. The van der Waals surface area contributed by atoms with E-state index in [4.69, 9.17) is 9.47 Å². The van der Waals surface area contributed by atoms with Crippen molar-refractivity contribution < 1.29 is 19.1 Å². The van der Waals surface area contributed by atoms with Crippen molar-refractivity contribution in [3.63, 3.8) is 0 Å². The number of rotatable bonds is 9. The lowest BCUT2D eigenvalue weighted by molar-refractivity contribution is -0.130. The average molecular weight is 423 g/mol. The van der Waals surface area contributed by atoms with Crippen LogP contribution in [0.3, 0.4) is 0 Å². The molecule has 0 heterocycles. The van der Waals surface area contributed by atoms with Crippen molar-refractivity contribution in [3.05, 3.63) is 71.8 Å². The fourth-order valence-corrected chi connectivity index (χ4v) is 2.72. The molecule has 164 valence electrons. The second-order valence-electron chi connectivity index (χ2n) is 7.65. The Hall–Kier alpha value is -3.54. The predicted molar refractivity (Wildman–Crippen MR) is 124 cm³/mol. The van der Waals surface area contributed by atoms with Gasteiger partial charge in [0.1, 0.15) is 11.5 Å². The summed E-state index contributed by atoms with van der Waals surface area (Å²) in [7, 11) is 4.92. The average Bonchev–Trinajstić information content (AvgIpc) is 2.79. The maximum Gasteiger partial charge on any atom is 0.246 e. The van der Waals surface area contributed by atoms with Gasteiger partial charge in [0.15, 0.2) is 0 Å². The second kappa shape index (κ2) is 11.0. The summed E-state index contributed by atoms with van der Waals surface area (Å²) in [6, 6.07) is 14.9. The lowest BCUT2D eigenvalue weighted by Gasteiger charge is -2.35. The minimum Gasteiger partial charge on any atom is -0.497 e. The van der Waals surface area contributed by atoms with Gasteiger partial charge in [-0.15, -0.1) is 0 Å². The van der Waals surface area contributed by atoms with Gasteiger partial charge in [-0.2, -0.15) is 0 Å². The van der Waals surface area contributed by atoms with Gasteiger partial charge in [0.2, 0.25) is 11.8 Å². The smallest absolute Gasteiger partial charge is 0.246 e. The molecule has 2 aromatic carbocycles. The zero-order chi connectivity index (χ0) is 22.9. The monoisotopic (exact) mass is 422 g/mol. The Morgan fingerprint density at radius 2 is 1.45 bits per heavy atom. The molecule has 31 heavy (non-hydrogen) atoms. The number of ether oxygens (including phenoxy) is 2. The summed E-state index contributed by atoms with van der Waals surface area (Å²) in [6.45, 7) is 4.11. The zero-order valence-electron chi connectivity index (χ0n) is 18.7. The second-order valence-corrected chi connectivity index (χ2v) is 7.65. The van der Waals surface area contributed by atoms with Crippen molar-refractivity contribution >= 4 is 24.0 Å². The van der Waals surface area contributed by atoms with E-state index in [0.29, 0.717) is 6.54 Å². The lowest BCUT2D eigenvalue weighted by Crippen LogP contribution is -2.51. The van der Waals surface area contributed by atoms with Crippen molar-refractivity contribution in [2.75, 3.05) is 27.8 Å². The van der Waals surface area contributed by atoms with E-state index in [-0.39, 0.29) is 11.8 Å². The molecule has 0 aliphatic carbocycles. The maximum absolute atomic E-state index is 12.6. The summed E-state index contributed by atoms with van der Waals surface area (Å²) in [5.41, 5.74) is 1.16. The molecule has 2 rings (SSSR count). The summed E-state index contributed by atoms with van der Waals surface area (Å²) in [5.74, 6) is 1.07. The summed E-state index contributed by atoms with van der Waals surface area (Å²) < 4.78 is 10.4. The van der Waals surface area contributed by atoms with Crippen LogP contribution in [0.4, 0.5) is 0 Å². The Morgan fingerprint density at radius 3 is 1.97 bits per heavy atom. The number of hydrogen-bond acceptors (Lipinski definition) is 4. The third-order valence-electron chi connectivity index (χ3n) is 4.97. The molecule has 0 saturated carbocycles. The number of methoxy groups -OCH3 is 2. The predicted octanol–water partition coefficient (Wildman–Crippen LogP) is 3.78. The molecule has 6 heteroatoms. The van der Waals surface area contributed by atoms with E-state index in [2.05, 4.69) is 5.32 Å². The molecular formula is C25H30N2O4. The van der Waals surface area contributed by atoms with Gasteiger partial charge in [0, 0.05) is 25.7 Å². The molecule has 1 N–H and O–H groups in total. The minimum atomic E-state index is -0.574. The molecule has 0 saturated heterocycles. The van der Waals surface area contributed by atoms with Crippen LogP contribution < -0.4 is 14.8 Å². The first-order valence-corrected chi connectivity index (χ1v) is 9.95. The molecule has 0 aromatic heterocycles. The van der Waals surface area contributed by atoms with Crippen molar-refractivity contribution in [1.82, 2.24) is 10.2 Å².